The molecule has 1 unspecified atom stereocenters. The first-order valence-electron chi connectivity index (χ1n) is 10.7. The van der Waals surface area contributed by atoms with Crippen molar-refractivity contribution >= 4 is 17.7 Å². The minimum absolute atomic E-state index is 0.0280. The lowest BCUT2D eigenvalue weighted by Crippen LogP contribution is -2.33. The molecule has 0 aliphatic heterocycles. The highest BCUT2D eigenvalue weighted by Crippen LogP contribution is 2.38. The SMILES string of the molecule is CCC(C)NC(=O)CSc1nnc(-c2ccc(OC)c(OC)c2)n1C1CCCCC1. The fourth-order valence-electron chi connectivity index (χ4n) is 3.76. The van der Waals surface area contributed by atoms with E-state index in [1.54, 1.807) is 14.2 Å². The van der Waals surface area contributed by atoms with Gasteiger partial charge in [-0.1, -0.05) is 37.9 Å². The van der Waals surface area contributed by atoms with E-state index >= 15 is 0 Å². The average Bonchev–Trinajstić information content (AvgIpc) is 3.21. The second-order valence-electron chi connectivity index (χ2n) is 7.70. The Bertz CT molecular complexity index is 849. The van der Waals surface area contributed by atoms with E-state index < -0.39 is 0 Å². The zero-order valence-electron chi connectivity index (χ0n) is 18.3. The van der Waals surface area contributed by atoms with E-state index in [9.17, 15) is 4.79 Å². The highest BCUT2D eigenvalue weighted by molar-refractivity contribution is 7.99. The number of benzene rings is 1. The molecule has 0 bridgehead atoms. The van der Waals surface area contributed by atoms with Crippen LogP contribution in [0.3, 0.4) is 0 Å². The molecule has 1 aliphatic rings. The van der Waals surface area contributed by atoms with Crippen LogP contribution in [-0.4, -0.2) is 46.7 Å². The van der Waals surface area contributed by atoms with Gasteiger partial charge >= 0.3 is 0 Å². The van der Waals surface area contributed by atoms with Crippen molar-refractivity contribution in [3.8, 4) is 22.9 Å². The summed E-state index contributed by atoms with van der Waals surface area (Å²) in [7, 11) is 3.26. The van der Waals surface area contributed by atoms with Gasteiger partial charge in [-0.05, 0) is 44.4 Å². The summed E-state index contributed by atoms with van der Waals surface area (Å²) in [4.78, 5) is 12.3. The van der Waals surface area contributed by atoms with E-state index in [1.807, 2.05) is 25.1 Å². The van der Waals surface area contributed by atoms with Gasteiger partial charge in [-0.2, -0.15) is 0 Å². The molecule has 1 aromatic heterocycles. The van der Waals surface area contributed by atoms with Crippen LogP contribution in [0, 0.1) is 0 Å². The minimum Gasteiger partial charge on any atom is -0.493 e. The normalized spacial score (nSPS) is 15.6. The lowest BCUT2D eigenvalue weighted by molar-refractivity contribution is -0.119. The number of aromatic nitrogens is 3. The number of hydrogen-bond acceptors (Lipinski definition) is 6. The molecule has 1 N–H and O–H groups in total. The number of amides is 1. The zero-order valence-corrected chi connectivity index (χ0v) is 19.1. The number of nitrogens with one attached hydrogen (secondary N) is 1. The molecule has 1 aliphatic carbocycles. The Morgan fingerprint density at radius 1 is 1.20 bits per heavy atom. The Kier molecular flexibility index (Phi) is 8.01. The van der Waals surface area contributed by atoms with Crippen LogP contribution in [0.2, 0.25) is 0 Å². The van der Waals surface area contributed by atoms with Crippen LogP contribution >= 0.6 is 11.8 Å². The Hall–Kier alpha value is -2.22. The van der Waals surface area contributed by atoms with E-state index in [4.69, 9.17) is 9.47 Å². The van der Waals surface area contributed by atoms with Crippen LogP contribution in [0.15, 0.2) is 23.4 Å². The fraction of sp³-hybridized carbons (Fsp3) is 0.591. The van der Waals surface area contributed by atoms with Gasteiger partial charge in [-0.3, -0.25) is 9.36 Å². The summed E-state index contributed by atoms with van der Waals surface area (Å²) < 4.78 is 13.1. The summed E-state index contributed by atoms with van der Waals surface area (Å²) in [6.07, 6.45) is 6.79. The Morgan fingerprint density at radius 2 is 1.93 bits per heavy atom. The minimum atomic E-state index is 0.0280. The van der Waals surface area contributed by atoms with E-state index in [0.717, 1.165) is 35.8 Å². The molecular weight excluding hydrogens is 400 g/mol. The zero-order chi connectivity index (χ0) is 21.5. The molecule has 1 fully saturated rings. The maximum Gasteiger partial charge on any atom is 0.230 e. The lowest BCUT2D eigenvalue weighted by Gasteiger charge is -2.25. The van der Waals surface area contributed by atoms with Gasteiger partial charge in [0.05, 0.1) is 20.0 Å². The van der Waals surface area contributed by atoms with Gasteiger partial charge in [-0.15, -0.1) is 10.2 Å². The molecule has 1 atom stereocenters. The molecule has 1 aromatic carbocycles. The fourth-order valence-corrected chi connectivity index (χ4v) is 4.58. The molecule has 1 heterocycles. The third kappa shape index (κ3) is 5.28. The third-order valence-corrected chi connectivity index (χ3v) is 6.54. The Balaban J connectivity index is 1.89. The van der Waals surface area contributed by atoms with Crippen molar-refractivity contribution in [2.75, 3.05) is 20.0 Å². The molecule has 164 valence electrons. The largest absolute Gasteiger partial charge is 0.493 e. The van der Waals surface area contributed by atoms with E-state index in [0.29, 0.717) is 23.3 Å². The van der Waals surface area contributed by atoms with Crippen LogP contribution < -0.4 is 14.8 Å². The third-order valence-electron chi connectivity index (χ3n) is 5.60. The van der Waals surface area contributed by atoms with Crippen molar-refractivity contribution in [3.63, 3.8) is 0 Å². The second-order valence-corrected chi connectivity index (χ2v) is 8.65. The van der Waals surface area contributed by atoms with Crippen molar-refractivity contribution in [3.05, 3.63) is 18.2 Å². The predicted molar refractivity (Wildman–Crippen MR) is 119 cm³/mol. The topological polar surface area (TPSA) is 78.3 Å². The summed E-state index contributed by atoms with van der Waals surface area (Å²) in [6, 6.07) is 6.33. The Labute approximate surface area is 182 Å². The van der Waals surface area contributed by atoms with Gasteiger partial charge in [-0.25, -0.2) is 0 Å². The first-order chi connectivity index (χ1) is 14.6. The van der Waals surface area contributed by atoms with Gasteiger partial charge in [0.1, 0.15) is 0 Å². The number of methoxy groups -OCH3 is 2. The number of nitrogens with zero attached hydrogens (tertiary/aromatic N) is 3. The maximum absolute atomic E-state index is 12.3. The number of thioether (sulfide) groups is 1. The molecule has 7 nitrogen and oxygen atoms in total. The van der Waals surface area contributed by atoms with Gasteiger partial charge < -0.3 is 14.8 Å². The highest BCUT2D eigenvalue weighted by Gasteiger charge is 2.25. The number of rotatable bonds is 9. The second kappa shape index (κ2) is 10.7. The van der Waals surface area contributed by atoms with Gasteiger partial charge in [0.2, 0.25) is 5.91 Å². The quantitative estimate of drug-likeness (QED) is 0.589. The van der Waals surface area contributed by atoms with Crippen LogP contribution in [0.1, 0.15) is 58.4 Å². The van der Waals surface area contributed by atoms with Gasteiger partial charge in [0, 0.05) is 17.6 Å². The molecule has 2 aromatic rings. The summed E-state index contributed by atoms with van der Waals surface area (Å²) in [5.74, 6) is 2.52. The van der Waals surface area contributed by atoms with E-state index in [2.05, 4.69) is 27.0 Å². The van der Waals surface area contributed by atoms with Crippen molar-refractivity contribution < 1.29 is 14.3 Å². The van der Waals surface area contributed by atoms with Crippen molar-refractivity contribution in [1.29, 1.82) is 0 Å². The first-order valence-corrected chi connectivity index (χ1v) is 11.6. The molecule has 0 radical (unpaired) electrons. The summed E-state index contributed by atoms with van der Waals surface area (Å²) in [5.41, 5.74) is 0.932. The smallest absolute Gasteiger partial charge is 0.230 e. The molecule has 1 saturated carbocycles. The summed E-state index contributed by atoms with van der Waals surface area (Å²) in [6.45, 7) is 4.08. The lowest BCUT2D eigenvalue weighted by atomic mass is 9.95. The molecular formula is C22H32N4O3S. The molecule has 30 heavy (non-hydrogen) atoms. The molecule has 3 rings (SSSR count). The van der Waals surface area contributed by atoms with Gasteiger partial charge in [0.15, 0.2) is 22.5 Å². The van der Waals surface area contributed by atoms with Crippen LogP contribution in [0.5, 0.6) is 11.5 Å². The highest BCUT2D eigenvalue weighted by atomic mass is 32.2. The van der Waals surface area contributed by atoms with Crippen LogP contribution in [-0.2, 0) is 4.79 Å². The van der Waals surface area contributed by atoms with E-state index in [-0.39, 0.29) is 11.9 Å². The molecule has 0 saturated heterocycles. The predicted octanol–water partition coefficient (Wildman–Crippen LogP) is 4.47. The first kappa shape index (κ1) is 22.5. The summed E-state index contributed by atoms with van der Waals surface area (Å²) in [5, 5.41) is 12.8. The summed E-state index contributed by atoms with van der Waals surface area (Å²) >= 11 is 1.46. The monoisotopic (exact) mass is 432 g/mol. The Morgan fingerprint density at radius 3 is 2.60 bits per heavy atom. The van der Waals surface area contributed by atoms with E-state index in [1.165, 1.54) is 31.0 Å². The average molecular weight is 433 g/mol. The number of carbonyl (C=O) groups excluding carboxylic acids is 1. The number of hydrogen-bond donors (Lipinski definition) is 1. The van der Waals surface area contributed by atoms with Crippen molar-refractivity contribution in [1.82, 2.24) is 20.1 Å². The number of ether oxygens (including phenoxy) is 2. The van der Waals surface area contributed by atoms with Crippen molar-refractivity contribution in [2.45, 2.75) is 69.6 Å². The maximum atomic E-state index is 12.3. The van der Waals surface area contributed by atoms with Gasteiger partial charge in [0.25, 0.3) is 0 Å². The number of carbonyl (C=O) groups is 1. The van der Waals surface area contributed by atoms with Crippen molar-refractivity contribution in [2.24, 2.45) is 0 Å². The molecule has 0 spiro atoms. The molecule has 8 heteroatoms. The van der Waals surface area contributed by atoms with Crippen LogP contribution in [0.25, 0.3) is 11.4 Å². The standard InChI is InChI=1S/C22H32N4O3S/c1-5-15(2)23-20(27)14-30-22-25-24-21(26(22)17-9-7-6-8-10-17)16-11-12-18(28-3)19(13-16)29-4/h11-13,15,17H,5-10,14H2,1-4H3,(H,23,27). The van der Waals surface area contributed by atoms with Crippen LogP contribution in [0.4, 0.5) is 0 Å². The molecule has 1 amide bonds.